The fourth-order valence-electron chi connectivity index (χ4n) is 0.817. The van der Waals surface area contributed by atoms with Crippen LogP contribution in [0.3, 0.4) is 0 Å². The minimum absolute atomic E-state index is 0.145. The summed E-state index contributed by atoms with van der Waals surface area (Å²) < 4.78 is 0. The van der Waals surface area contributed by atoms with Gasteiger partial charge in [-0.1, -0.05) is 13.8 Å². The van der Waals surface area contributed by atoms with E-state index in [2.05, 4.69) is 32.1 Å². The Hall–Kier alpha value is -0.790. The fourth-order valence-corrected chi connectivity index (χ4v) is 0.817. The van der Waals surface area contributed by atoms with E-state index in [0.29, 0.717) is 0 Å². The molecule has 0 N–H and O–H groups in total. The second-order valence-electron chi connectivity index (χ2n) is 3.35. The first-order valence-corrected chi connectivity index (χ1v) is 3.49. The highest BCUT2D eigenvalue weighted by Gasteiger charge is 2.20. The van der Waals surface area contributed by atoms with Gasteiger partial charge in [0.15, 0.2) is 0 Å². The molecule has 0 amide bonds. The lowest BCUT2D eigenvalue weighted by Crippen LogP contribution is -2.23. The van der Waals surface area contributed by atoms with Crippen LogP contribution >= 0.6 is 0 Å². The van der Waals surface area contributed by atoms with Crippen LogP contribution in [0.5, 0.6) is 0 Å². The van der Waals surface area contributed by atoms with Gasteiger partial charge in [-0.3, -0.25) is 5.01 Å². The molecule has 0 atom stereocenters. The Morgan fingerprint density at radius 3 is 2.50 bits per heavy atom. The maximum Gasteiger partial charge on any atom is 0.0346 e. The molecule has 1 rings (SSSR count). The van der Waals surface area contributed by atoms with Crippen LogP contribution in [0.25, 0.3) is 0 Å². The van der Waals surface area contributed by atoms with Crippen molar-refractivity contribution in [3.05, 3.63) is 11.8 Å². The van der Waals surface area contributed by atoms with Gasteiger partial charge in [-0.15, -0.1) is 0 Å². The SMILES string of the molecule is CC1=CN(C)N=CC1(C)C. The molecule has 1 aliphatic heterocycles. The second-order valence-corrected chi connectivity index (χ2v) is 3.35. The molecule has 0 aromatic rings. The van der Waals surface area contributed by atoms with Gasteiger partial charge in [-0.25, -0.2) is 0 Å². The standard InChI is InChI=1S/C8H14N2/c1-7-5-10(4)9-6-8(7,2)3/h5-6H,1-4H3. The van der Waals surface area contributed by atoms with E-state index >= 15 is 0 Å². The molecule has 0 saturated carbocycles. The highest BCUT2D eigenvalue weighted by atomic mass is 15.4. The van der Waals surface area contributed by atoms with E-state index in [1.54, 1.807) is 0 Å². The Bertz CT molecular complexity index is 189. The van der Waals surface area contributed by atoms with E-state index < -0.39 is 0 Å². The lowest BCUT2D eigenvalue weighted by molar-refractivity contribution is 0.443. The average Bonchev–Trinajstić information content (AvgIpc) is 1.81. The van der Waals surface area contributed by atoms with Crippen molar-refractivity contribution in [1.82, 2.24) is 5.01 Å². The summed E-state index contributed by atoms with van der Waals surface area (Å²) >= 11 is 0. The second kappa shape index (κ2) is 2.11. The monoisotopic (exact) mass is 138 g/mol. The first-order valence-electron chi connectivity index (χ1n) is 3.49. The largest absolute Gasteiger partial charge is 0.276 e. The number of allylic oxidation sites excluding steroid dienone is 1. The molecule has 0 radical (unpaired) electrons. The maximum absolute atomic E-state index is 4.16. The van der Waals surface area contributed by atoms with Gasteiger partial charge in [0, 0.05) is 24.9 Å². The molecule has 0 aliphatic carbocycles. The highest BCUT2D eigenvalue weighted by molar-refractivity contribution is 5.69. The van der Waals surface area contributed by atoms with Gasteiger partial charge >= 0.3 is 0 Å². The normalized spacial score (nSPS) is 22.8. The van der Waals surface area contributed by atoms with Crippen LogP contribution in [0, 0.1) is 5.41 Å². The van der Waals surface area contributed by atoms with Crippen LogP contribution in [0.2, 0.25) is 0 Å². The Morgan fingerprint density at radius 2 is 2.10 bits per heavy atom. The molecule has 1 aliphatic rings. The molecular formula is C8H14N2. The molecular weight excluding hydrogens is 124 g/mol. The molecule has 0 bridgehead atoms. The smallest absolute Gasteiger partial charge is 0.0346 e. The fraction of sp³-hybridized carbons (Fsp3) is 0.625. The molecule has 2 heteroatoms. The Balaban J connectivity index is 2.87. The Morgan fingerprint density at radius 1 is 1.50 bits per heavy atom. The summed E-state index contributed by atoms with van der Waals surface area (Å²) in [5.74, 6) is 0. The summed E-state index contributed by atoms with van der Waals surface area (Å²) in [6.07, 6.45) is 4.03. The minimum Gasteiger partial charge on any atom is -0.276 e. The summed E-state index contributed by atoms with van der Waals surface area (Å²) in [5.41, 5.74) is 1.50. The molecule has 0 aromatic carbocycles. The van der Waals surface area contributed by atoms with Gasteiger partial charge in [-0.05, 0) is 12.5 Å². The quantitative estimate of drug-likeness (QED) is 0.498. The summed E-state index contributed by atoms with van der Waals surface area (Å²) in [6, 6.07) is 0. The first-order chi connectivity index (χ1) is 4.52. The van der Waals surface area contributed by atoms with E-state index in [0.717, 1.165) is 0 Å². The van der Waals surface area contributed by atoms with Crippen LogP contribution in [0.1, 0.15) is 20.8 Å². The van der Waals surface area contributed by atoms with Crippen molar-refractivity contribution in [3.63, 3.8) is 0 Å². The predicted molar refractivity (Wildman–Crippen MR) is 43.8 cm³/mol. The number of hydrogen-bond acceptors (Lipinski definition) is 2. The van der Waals surface area contributed by atoms with Crippen molar-refractivity contribution in [2.24, 2.45) is 10.5 Å². The predicted octanol–water partition coefficient (Wildman–Crippen LogP) is 1.85. The van der Waals surface area contributed by atoms with Gasteiger partial charge in [0.2, 0.25) is 0 Å². The van der Waals surface area contributed by atoms with Crippen LogP contribution in [0.4, 0.5) is 0 Å². The van der Waals surface area contributed by atoms with Crippen LogP contribution < -0.4 is 0 Å². The number of hydrogen-bond donors (Lipinski definition) is 0. The van der Waals surface area contributed by atoms with Gasteiger partial charge in [0.05, 0.1) is 0 Å². The number of rotatable bonds is 0. The van der Waals surface area contributed by atoms with E-state index in [9.17, 15) is 0 Å². The third-order valence-electron chi connectivity index (χ3n) is 1.96. The zero-order chi connectivity index (χ0) is 7.78. The van der Waals surface area contributed by atoms with E-state index in [1.165, 1.54) is 5.57 Å². The molecule has 0 aromatic heterocycles. The van der Waals surface area contributed by atoms with E-state index in [-0.39, 0.29) is 5.41 Å². The van der Waals surface area contributed by atoms with Crippen molar-refractivity contribution >= 4 is 6.21 Å². The molecule has 0 unspecified atom stereocenters. The Kier molecular flexibility index (Phi) is 1.55. The summed E-state index contributed by atoms with van der Waals surface area (Å²) in [7, 11) is 1.94. The highest BCUT2D eigenvalue weighted by Crippen LogP contribution is 2.26. The lowest BCUT2D eigenvalue weighted by Gasteiger charge is -2.26. The van der Waals surface area contributed by atoms with E-state index in [1.807, 2.05) is 18.3 Å². The average molecular weight is 138 g/mol. The summed E-state index contributed by atoms with van der Waals surface area (Å²) in [6.45, 7) is 6.45. The van der Waals surface area contributed by atoms with Crippen LogP contribution in [0.15, 0.2) is 16.9 Å². The topological polar surface area (TPSA) is 15.6 Å². The molecule has 0 spiro atoms. The molecule has 0 fully saturated rings. The van der Waals surface area contributed by atoms with Gasteiger partial charge in [-0.2, -0.15) is 5.10 Å². The van der Waals surface area contributed by atoms with Crippen molar-refractivity contribution in [2.75, 3.05) is 7.05 Å². The first kappa shape index (κ1) is 7.32. The van der Waals surface area contributed by atoms with E-state index in [4.69, 9.17) is 0 Å². The molecule has 1 heterocycles. The molecule has 0 saturated heterocycles. The molecule has 10 heavy (non-hydrogen) atoms. The number of nitrogens with zero attached hydrogens (tertiary/aromatic N) is 2. The zero-order valence-corrected chi connectivity index (χ0v) is 7.05. The Labute approximate surface area is 62.2 Å². The van der Waals surface area contributed by atoms with Gasteiger partial charge in [0.25, 0.3) is 0 Å². The van der Waals surface area contributed by atoms with Crippen LogP contribution in [-0.2, 0) is 0 Å². The van der Waals surface area contributed by atoms with Crippen molar-refractivity contribution in [2.45, 2.75) is 20.8 Å². The number of hydrazone groups is 1. The zero-order valence-electron chi connectivity index (χ0n) is 7.05. The van der Waals surface area contributed by atoms with Crippen molar-refractivity contribution < 1.29 is 0 Å². The molecule has 56 valence electrons. The third kappa shape index (κ3) is 1.20. The summed E-state index contributed by atoms with van der Waals surface area (Å²) in [4.78, 5) is 0. The minimum atomic E-state index is 0.145. The molecule has 2 nitrogen and oxygen atoms in total. The third-order valence-corrected chi connectivity index (χ3v) is 1.96. The lowest BCUT2D eigenvalue weighted by atomic mass is 9.86. The van der Waals surface area contributed by atoms with Gasteiger partial charge in [0.1, 0.15) is 0 Å². The van der Waals surface area contributed by atoms with Crippen LogP contribution in [-0.4, -0.2) is 18.3 Å². The van der Waals surface area contributed by atoms with Crippen molar-refractivity contribution in [3.8, 4) is 0 Å². The maximum atomic E-state index is 4.16. The van der Waals surface area contributed by atoms with Gasteiger partial charge < -0.3 is 0 Å². The van der Waals surface area contributed by atoms with Crippen molar-refractivity contribution in [1.29, 1.82) is 0 Å². The summed E-state index contributed by atoms with van der Waals surface area (Å²) in [5, 5.41) is 6.00.